The Morgan fingerprint density at radius 2 is 1.22 bits per heavy atom. The molecule has 8 aromatic rings. The molecule has 0 atom stereocenters. The summed E-state index contributed by atoms with van der Waals surface area (Å²) in [4.78, 5) is 52.9. The monoisotopic (exact) mass is 952 g/mol. The molecular formula is C44H35Cl3F4N8O6. The van der Waals surface area contributed by atoms with Crippen molar-refractivity contribution in [1.29, 1.82) is 0 Å². The van der Waals surface area contributed by atoms with E-state index in [0.29, 0.717) is 16.8 Å². The largest absolute Gasteiger partial charge is 0.505 e. The number of alkyl halides is 2. The molecule has 0 aliphatic heterocycles. The lowest BCUT2D eigenvalue weighted by Crippen LogP contribution is -2.26. The Balaban J connectivity index is 0.000000163. The molecular weight excluding hydrogens is 919 g/mol. The molecule has 65 heavy (non-hydrogen) atoms. The van der Waals surface area contributed by atoms with Gasteiger partial charge in [-0.25, -0.2) is 32.2 Å². The highest BCUT2D eigenvalue weighted by Gasteiger charge is 2.26. The molecule has 8 rings (SSSR count). The van der Waals surface area contributed by atoms with Gasteiger partial charge in [0.1, 0.15) is 28.4 Å². The lowest BCUT2D eigenvalue weighted by atomic mass is 9.94. The zero-order valence-electron chi connectivity index (χ0n) is 34.9. The first-order valence-corrected chi connectivity index (χ1v) is 20.1. The SMILES string of the molecule is Cc1cc(C)c(-c2c(O)c(C)nn(C)c2=O)c(C)c1.Cn1c(=O)c(-c2c(F)ccc(F)c2Cl)c(O)c2ncccc21.O=c1c(-c2c(Cl)cncc2Cl)c(O)c2nccnc2n1CC(F)F. The molecule has 0 spiro atoms. The molecule has 0 radical (unpaired) electrons. The summed E-state index contributed by atoms with van der Waals surface area (Å²) in [5.74, 6) is -2.90. The van der Waals surface area contributed by atoms with Gasteiger partial charge in [0.05, 0.1) is 43.8 Å². The van der Waals surface area contributed by atoms with Crippen molar-refractivity contribution in [2.75, 3.05) is 0 Å². The van der Waals surface area contributed by atoms with Crippen LogP contribution in [0.15, 0.2) is 81.8 Å². The second kappa shape index (κ2) is 19.1. The van der Waals surface area contributed by atoms with Crippen LogP contribution in [-0.2, 0) is 20.6 Å². The number of aryl methyl sites for hydroxylation is 6. The molecule has 0 saturated heterocycles. The molecule has 21 heteroatoms. The lowest BCUT2D eigenvalue weighted by molar-refractivity contribution is 0.126. The molecule has 0 aliphatic rings. The Kier molecular flexibility index (Phi) is 14.0. The fourth-order valence-electron chi connectivity index (χ4n) is 7.22. The van der Waals surface area contributed by atoms with Gasteiger partial charge in [-0.3, -0.25) is 28.9 Å². The van der Waals surface area contributed by atoms with Crippen molar-refractivity contribution in [3.05, 3.63) is 148 Å². The van der Waals surface area contributed by atoms with E-state index in [1.54, 1.807) is 26.1 Å². The summed E-state index contributed by atoms with van der Waals surface area (Å²) < 4.78 is 56.7. The van der Waals surface area contributed by atoms with E-state index in [2.05, 4.69) is 25.0 Å². The van der Waals surface area contributed by atoms with Crippen molar-refractivity contribution in [3.8, 4) is 50.6 Å². The van der Waals surface area contributed by atoms with E-state index in [4.69, 9.17) is 34.8 Å². The Morgan fingerprint density at radius 3 is 1.85 bits per heavy atom. The predicted octanol–water partition coefficient (Wildman–Crippen LogP) is 8.76. The van der Waals surface area contributed by atoms with Crippen molar-refractivity contribution < 1.29 is 32.9 Å². The molecule has 6 heterocycles. The third kappa shape index (κ3) is 9.09. The van der Waals surface area contributed by atoms with Gasteiger partial charge in [0.2, 0.25) is 0 Å². The average molecular weight is 954 g/mol. The second-order valence-electron chi connectivity index (χ2n) is 14.4. The summed E-state index contributed by atoms with van der Waals surface area (Å²) in [6, 6.07) is 8.89. The van der Waals surface area contributed by atoms with Crippen molar-refractivity contribution in [2.45, 2.75) is 40.7 Å². The number of hydrogen-bond acceptors (Lipinski definition) is 11. The number of aromatic hydroxyl groups is 3. The zero-order valence-corrected chi connectivity index (χ0v) is 37.2. The summed E-state index contributed by atoms with van der Waals surface area (Å²) in [5, 5.41) is 34.4. The van der Waals surface area contributed by atoms with Crippen LogP contribution < -0.4 is 16.7 Å². The minimum atomic E-state index is -2.81. The van der Waals surface area contributed by atoms with Crippen LogP contribution in [-0.4, -0.2) is 60.6 Å². The Hall–Kier alpha value is -6.89. The topological polar surface area (TPSA) is 191 Å². The Labute approximate surface area is 380 Å². The Morgan fingerprint density at radius 1 is 0.662 bits per heavy atom. The highest BCUT2D eigenvalue weighted by molar-refractivity contribution is 6.39. The summed E-state index contributed by atoms with van der Waals surface area (Å²) in [5.41, 5.74) is 1.75. The first kappa shape index (κ1) is 47.6. The fourth-order valence-corrected chi connectivity index (χ4v) is 8.02. The van der Waals surface area contributed by atoms with Crippen LogP contribution in [0.25, 0.3) is 55.6 Å². The molecule has 0 saturated carbocycles. The number of hydrogen-bond donors (Lipinski definition) is 3. The highest BCUT2D eigenvalue weighted by Crippen LogP contribution is 2.40. The van der Waals surface area contributed by atoms with Gasteiger partial charge >= 0.3 is 0 Å². The molecule has 0 aliphatic carbocycles. The first-order chi connectivity index (χ1) is 30.7. The van der Waals surface area contributed by atoms with Crippen LogP contribution in [0.5, 0.6) is 17.2 Å². The standard InChI is InChI=1S/C15H9ClF2N2O2.C15H18N2O2.C14H8Cl2F2N4O2/c1-20-9-3-2-6-19-13(9)14(21)11(15(20)22)10-7(17)4-5-8(18)12(10)16;1-8-6-9(2)12(10(3)7-8)13-14(18)11(4)16-17(5)15(13)19;15-6-3-19-4-7(16)9(6)10-12(23)11-13(21-2-1-20-11)22(14(10)24)5-8(17)18/h2-6,21H,1H3;6-7,18H,1-5H3;1-4,8,23H,5H2. The lowest BCUT2D eigenvalue weighted by Gasteiger charge is -2.14. The summed E-state index contributed by atoms with van der Waals surface area (Å²) in [6.45, 7) is 6.69. The molecule has 0 amide bonds. The van der Waals surface area contributed by atoms with E-state index >= 15 is 0 Å². The van der Waals surface area contributed by atoms with Crippen molar-refractivity contribution >= 4 is 57.0 Å². The molecule has 2 aromatic carbocycles. The van der Waals surface area contributed by atoms with Gasteiger partial charge in [-0.1, -0.05) is 52.5 Å². The molecule has 14 nitrogen and oxygen atoms in total. The van der Waals surface area contributed by atoms with E-state index < -0.39 is 63.4 Å². The van der Waals surface area contributed by atoms with Crippen LogP contribution in [0.1, 0.15) is 22.4 Å². The van der Waals surface area contributed by atoms with Gasteiger partial charge in [-0.05, 0) is 68.7 Å². The maximum absolute atomic E-state index is 14.1. The van der Waals surface area contributed by atoms with E-state index in [1.165, 1.54) is 47.3 Å². The van der Waals surface area contributed by atoms with Crippen molar-refractivity contribution in [1.82, 2.24) is 38.9 Å². The number of nitrogens with zero attached hydrogens (tertiary/aromatic N) is 8. The van der Waals surface area contributed by atoms with Gasteiger partial charge in [0, 0.05) is 56.2 Å². The molecule has 0 bridgehead atoms. The smallest absolute Gasteiger partial charge is 0.278 e. The third-order valence-corrected chi connectivity index (χ3v) is 11.0. The number of halogens is 7. The van der Waals surface area contributed by atoms with E-state index in [1.807, 2.05) is 32.9 Å². The minimum Gasteiger partial charge on any atom is -0.505 e. The maximum Gasteiger partial charge on any atom is 0.278 e. The maximum atomic E-state index is 14.1. The fraction of sp³-hybridized carbons (Fsp3) is 0.182. The predicted molar refractivity (Wildman–Crippen MR) is 239 cm³/mol. The molecule has 0 unspecified atom stereocenters. The third-order valence-electron chi connectivity index (χ3n) is 10.0. The van der Waals surface area contributed by atoms with Crippen molar-refractivity contribution in [3.63, 3.8) is 0 Å². The van der Waals surface area contributed by atoms with Crippen LogP contribution in [0.4, 0.5) is 17.6 Å². The normalized spacial score (nSPS) is 11.1. The van der Waals surface area contributed by atoms with Crippen LogP contribution >= 0.6 is 34.8 Å². The number of aromatic nitrogens is 8. The molecule has 3 N–H and O–H groups in total. The summed E-state index contributed by atoms with van der Waals surface area (Å²) in [6.07, 6.45) is 3.54. The second-order valence-corrected chi connectivity index (χ2v) is 15.6. The van der Waals surface area contributed by atoms with E-state index in [-0.39, 0.29) is 49.2 Å². The van der Waals surface area contributed by atoms with Crippen LogP contribution in [0.2, 0.25) is 15.1 Å². The van der Waals surface area contributed by atoms with Crippen LogP contribution in [0, 0.1) is 39.3 Å². The molecule has 0 fully saturated rings. The highest BCUT2D eigenvalue weighted by atomic mass is 35.5. The van der Waals surface area contributed by atoms with Crippen LogP contribution in [0.3, 0.4) is 0 Å². The summed E-state index contributed by atoms with van der Waals surface area (Å²) >= 11 is 17.8. The average Bonchev–Trinajstić information content (AvgIpc) is 3.25. The van der Waals surface area contributed by atoms with Gasteiger partial charge in [0.25, 0.3) is 23.1 Å². The number of benzene rings is 2. The minimum absolute atomic E-state index is 0.00796. The molecule has 6 aromatic heterocycles. The number of fused-ring (bicyclic) bond motifs is 2. The zero-order chi connectivity index (χ0) is 47.8. The quantitative estimate of drug-likeness (QED) is 0.110. The van der Waals surface area contributed by atoms with Gasteiger partial charge in [0.15, 0.2) is 22.9 Å². The number of rotatable bonds is 5. The van der Waals surface area contributed by atoms with E-state index in [0.717, 1.165) is 39.0 Å². The molecule has 336 valence electrons. The van der Waals surface area contributed by atoms with Gasteiger partial charge < -0.3 is 19.9 Å². The van der Waals surface area contributed by atoms with Crippen molar-refractivity contribution in [2.24, 2.45) is 14.1 Å². The van der Waals surface area contributed by atoms with Gasteiger partial charge in [-0.2, -0.15) is 5.10 Å². The number of pyridine rings is 4. The first-order valence-electron chi connectivity index (χ1n) is 19.0. The summed E-state index contributed by atoms with van der Waals surface area (Å²) in [7, 11) is 3.04. The van der Waals surface area contributed by atoms with E-state index in [9.17, 15) is 47.3 Å². The Bertz CT molecular complexity index is 3340. The van der Waals surface area contributed by atoms with Gasteiger partial charge in [-0.15, -0.1) is 0 Å².